The Hall–Kier alpha value is -1.02. The van der Waals surface area contributed by atoms with Crippen LogP contribution in [0.3, 0.4) is 0 Å². The summed E-state index contributed by atoms with van der Waals surface area (Å²) in [6.07, 6.45) is 1.73. The normalized spacial score (nSPS) is 11.0. The van der Waals surface area contributed by atoms with E-state index < -0.39 is 0 Å². The van der Waals surface area contributed by atoms with Gasteiger partial charge in [-0.1, -0.05) is 46.9 Å². The molecule has 0 heterocycles. The van der Waals surface area contributed by atoms with E-state index in [1.165, 1.54) is 0 Å². The van der Waals surface area contributed by atoms with E-state index in [9.17, 15) is 0 Å². The van der Waals surface area contributed by atoms with E-state index in [0.717, 1.165) is 11.3 Å². The highest BCUT2D eigenvalue weighted by Gasteiger charge is 1.97. The zero-order valence-corrected chi connectivity index (χ0v) is 11.0. The molecule has 0 radical (unpaired) electrons. The second kappa shape index (κ2) is 5.54. The smallest absolute Gasteiger partial charge is 0.0645 e. The van der Waals surface area contributed by atoms with E-state index in [2.05, 4.69) is 4.99 Å². The van der Waals surface area contributed by atoms with Crippen LogP contribution in [0, 0.1) is 0 Å². The molecule has 0 N–H and O–H groups in total. The van der Waals surface area contributed by atoms with Gasteiger partial charge in [0.05, 0.1) is 15.7 Å². The molecule has 2 aromatic carbocycles. The lowest BCUT2D eigenvalue weighted by molar-refractivity contribution is 1.52. The molecule has 0 fully saturated rings. The lowest BCUT2D eigenvalue weighted by Gasteiger charge is -1.98. The molecule has 0 aliphatic heterocycles. The van der Waals surface area contributed by atoms with Crippen LogP contribution >= 0.6 is 34.8 Å². The van der Waals surface area contributed by atoms with Crippen LogP contribution < -0.4 is 0 Å². The van der Waals surface area contributed by atoms with Crippen LogP contribution in [0.1, 0.15) is 5.56 Å². The predicted molar refractivity (Wildman–Crippen MR) is 75.2 cm³/mol. The molecule has 0 saturated heterocycles. The highest BCUT2D eigenvalue weighted by Crippen LogP contribution is 2.26. The molecular weight excluding hydrogens is 277 g/mol. The summed E-state index contributed by atoms with van der Waals surface area (Å²) in [7, 11) is 0. The lowest BCUT2D eigenvalue weighted by atomic mass is 10.2. The predicted octanol–water partition coefficient (Wildman–Crippen LogP) is 5.40. The molecule has 17 heavy (non-hydrogen) atoms. The first-order chi connectivity index (χ1) is 8.15. The summed E-state index contributed by atoms with van der Waals surface area (Å²) in [4.78, 5) is 4.29. The molecular formula is C13H8Cl3N. The number of aliphatic imine (C=N–C) groups is 1. The van der Waals surface area contributed by atoms with Gasteiger partial charge in [0, 0.05) is 11.2 Å². The van der Waals surface area contributed by atoms with Crippen molar-refractivity contribution in [3.8, 4) is 0 Å². The molecule has 0 aliphatic carbocycles. The highest BCUT2D eigenvalue weighted by molar-refractivity contribution is 6.42. The number of nitrogens with zero attached hydrogens (tertiary/aromatic N) is 1. The third kappa shape index (κ3) is 3.47. The second-order valence-corrected chi connectivity index (χ2v) is 4.66. The minimum absolute atomic E-state index is 0.493. The van der Waals surface area contributed by atoms with Crippen molar-refractivity contribution in [1.29, 1.82) is 0 Å². The second-order valence-electron chi connectivity index (χ2n) is 3.41. The molecule has 0 bridgehead atoms. The van der Waals surface area contributed by atoms with E-state index >= 15 is 0 Å². The Morgan fingerprint density at radius 1 is 0.882 bits per heavy atom. The van der Waals surface area contributed by atoms with Crippen molar-refractivity contribution in [3.05, 3.63) is 63.1 Å². The third-order valence-corrected chi connectivity index (χ3v) is 3.09. The van der Waals surface area contributed by atoms with Crippen molar-refractivity contribution >= 4 is 46.7 Å². The Morgan fingerprint density at radius 3 is 2.41 bits per heavy atom. The van der Waals surface area contributed by atoms with Gasteiger partial charge in [0.2, 0.25) is 0 Å². The summed E-state index contributed by atoms with van der Waals surface area (Å²) in [5.41, 5.74) is 1.68. The number of halogens is 3. The average Bonchev–Trinajstić information content (AvgIpc) is 2.31. The Morgan fingerprint density at radius 2 is 1.71 bits per heavy atom. The molecule has 0 unspecified atom stereocenters. The maximum Gasteiger partial charge on any atom is 0.0645 e. The van der Waals surface area contributed by atoms with Crippen LogP contribution in [0.15, 0.2) is 47.5 Å². The van der Waals surface area contributed by atoms with Crippen LogP contribution in [0.25, 0.3) is 0 Å². The van der Waals surface area contributed by atoms with Gasteiger partial charge in [-0.2, -0.15) is 0 Å². The molecule has 0 spiro atoms. The summed E-state index contributed by atoms with van der Waals surface area (Å²) in [6.45, 7) is 0. The molecule has 0 aliphatic rings. The fraction of sp³-hybridized carbons (Fsp3) is 0. The Kier molecular flexibility index (Phi) is 4.06. The number of rotatable bonds is 2. The quantitative estimate of drug-likeness (QED) is 0.655. The molecule has 0 aromatic heterocycles. The van der Waals surface area contributed by atoms with E-state index in [1.54, 1.807) is 24.4 Å². The topological polar surface area (TPSA) is 12.4 Å². The summed E-state index contributed by atoms with van der Waals surface area (Å²) in [5, 5.41) is 1.70. The minimum atomic E-state index is 0.493. The molecule has 0 atom stereocenters. The van der Waals surface area contributed by atoms with Gasteiger partial charge in [-0.15, -0.1) is 0 Å². The molecule has 2 aromatic rings. The maximum absolute atomic E-state index is 5.89. The fourth-order valence-corrected chi connectivity index (χ4v) is 1.79. The van der Waals surface area contributed by atoms with Gasteiger partial charge < -0.3 is 0 Å². The Balaban J connectivity index is 2.23. The first-order valence-corrected chi connectivity index (χ1v) is 6.03. The van der Waals surface area contributed by atoms with Gasteiger partial charge in [-0.25, -0.2) is 0 Å². The zero-order valence-electron chi connectivity index (χ0n) is 8.70. The first kappa shape index (κ1) is 12.4. The summed E-state index contributed by atoms with van der Waals surface area (Å²) in [6, 6.07) is 12.7. The summed E-state index contributed by atoms with van der Waals surface area (Å²) in [5.74, 6) is 0. The van der Waals surface area contributed by atoms with Crippen LogP contribution in [0.2, 0.25) is 15.1 Å². The van der Waals surface area contributed by atoms with Crippen molar-refractivity contribution in [2.24, 2.45) is 4.99 Å². The standard InChI is InChI=1S/C13H8Cl3N/c14-10-3-1-2-9(6-10)8-17-11-4-5-12(15)13(16)7-11/h1-8H/b17-8+. The van der Waals surface area contributed by atoms with Crippen LogP contribution in [-0.2, 0) is 0 Å². The Bertz CT molecular complexity index is 564. The zero-order chi connectivity index (χ0) is 12.3. The van der Waals surface area contributed by atoms with Crippen LogP contribution in [0.4, 0.5) is 5.69 Å². The van der Waals surface area contributed by atoms with Gasteiger partial charge in [0.1, 0.15) is 0 Å². The van der Waals surface area contributed by atoms with E-state index in [4.69, 9.17) is 34.8 Å². The SMILES string of the molecule is Clc1cccc(/C=N/c2ccc(Cl)c(Cl)c2)c1. The van der Waals surface area contributed by atoms with Crippen molar-refractivity contribution < 1.29 is 0 Å². The molecule has 1 nitrogen and oxygen atoms in total. The largest absolute Gasteiger partial charge is 0.256 e. The average molecular weight is 285 g/mol. The number of hydrogen-bond acceptors (Lipinski definition) is 1. The van der Waals surface area contributed by atoms with Crippen molar-refractivity contribution in [1.82, 2.24) is 0 Å². The summed E-state index contributed by atoms with van der Waals surface area (Å²) < 4.78 is 0. The summed E-state index contributed by atoms with van der Waals surface area (Å²) >= 11 is 17.6. The van der Waals surface area contributed by atoms with Crippen LogP contribution in [0.5, 0.6) is 0 Å². The first-order valence-electron chi connectivity index (χ1n) is 4.90. The third-order valence-electron chi connectivity index (χ3n) is 2.11. The monoisotopic (exact) mass is 283 g/mol. The fourth-order valence-electron chi connectivity index (χ4n) is 1.30. The lowest BCUT2D eigenvalue weighted by Crippen LogP contribution is -1.79. The van der Waals surface area contributed by atoms with Crippen molar-refractivity contribution in [2.75, 3.05) is 0 Å². The van der Waals surface area contributed by atoms with Gasteiger partial charge in [0.15, 0.2) is 0 Å². The molecule has 4 heteroatoms. The van der Waals surface area contributed by atoms with Gasteiger partial charge in [-0.05, 0) is 35.9 Å². The van der Waals surface area contributed by atoms with E-state index in [-0.39, 0.29) is 0 Å². The van der Waals surface area contributed by atoms with Crippen molar-refractivity contribution in [3.63, 3.8) is 0 Å². The van der Waals surface area contributed by atoms with E-state index in [0.29, 0.717) is 15.1 Å². The van der Waals surface area contributed by atoms with Crippen molar-refractivity contribution in [2.45, 2.75) is 0 Å². The molecule has 86 valence electrons. The minimum Gasteiger partial charge on any atom is -0.256 e. The molecule has 0 amide bonds. The van der Waals surface area contributed by atoms with Gasteiger partial charge in [-0.3, -0.25) is 4.99 Å². The number of hydrogen-bond donors (Lipinski definition) is 0. The Labute approximate surface area is 115 Å². The molecule has 0 saturated carbocycles. The highest BCUT2D eigenvalue weighted by atomic mass is 35.5. The molecule has 2 rings (SSSR count). The maximum atomic E-state index is 5.89. The number of benzene rings is 2. The van der Waals surface area contributed by atoms with E-state index in [1.807, 2.05) is 24.3 Å². The van der Waals surface area contributed by atoms with Gasteiger partial charge in [0.25, 0.3) is 0 Å². The van der Waals surface area contributed by atoms with Gasteiger partial charge >= 0.3 is 0 Å². The van der Waals surface area contributed by atoms with Crippen LogP contribution in [-0.4, -0.2) is 6.21 Å².